The lowest BCUT2D eigenvalue weighted by atomic mass is 10.1. The second kappa shape index (κ2) is 4.03. The maximum atomic E-state index is 11.3. The van der Waals surface area contributed by atoms with E-state index in [1.165, 1.54) is 11.3 Å². The molecule has 0 aromatic carbocycles. The van der Waals surface area contributed by atoms with E-state index in [1.807, 2.05) is 0 Å². The molecule has 2 nitrogen and oxygen atoms in total. The van der Waals surface area contributed by atoms with Gasteiger partial charge in [0.15, 0.2) is 0 Å². The van der Waals surface area contributed by atoms with Crippen LogP contribution in [0.25, 0.3) is 0 Å². The van der Waals surface area contributed by atoms with Crippen molar-refractivity contribution < 1.29 is 9.90 Å². The zero-order valence-corrected chi connectivity index (χ0v) is 8.15. The Balaban J connectivity index is 2.78. The van der Waals surface area contributed by atoms with Crippen LogP contribution < -0.4 is 0 Å². The molecule has 4 heteroatoms. The van der Waals surface area contributed by atoms with E-state index in [1.54, 1.807) is 19.1 Å². The Bertz CT molecular complexity index is 282. The lowest BCUT2D eigenvalue weighted by Crippen LogP contribution is -2.17. The number of aliphatic hydroxyl groups excluding tert-OH is 1. The van der Waals surface area contributed by atoms with E-state index >= 15 is 0 Å². The molecule has 0 amide bonds. The molecule has 1 heterocycles. The predicted octanol–water partition coefficient (Wildman–Crippen LogP) is 2.36. The lowest BCUT2D eigenvalue weighted by Gasteiger charge is -2.02. The van der Waals surface area contributed by atoms with E-state index < -0.39 is 6.10 Å². The molecule has 1 aromatic heterocycles. The van der Waals surface area contributed by atoms with Crippen molar-refractivity contribution >= 4 is 28.7 Å². The van der Waals surface area contributed by atoms with Gasteiger partial charge in [-0.25, -0.2) is 0 Å². The molecular formula is C8H9ClO2S. The van der Waals surface area contributed by atoms with Crippen LogP contribution in [-0.4, -0.2) is 17.0 Å². The second-order valence-electron chi connectivity index (χ2n) is 2.39. The quantitative estimate of drug-likeness (QED) is 0.768. The number of halogens is 1. The Morgan fingerprint density at radius 1 is 1.75 bits per heavy atom. The summed E-state index contributed by atoms with van der Waals surface area (Å²) in [6.07, 6.45) is -0.450. The van der Waals surface area contributed by atoms with Crippen molar-refractivity contribution in [2.45, 2.75) is 19.4 Å². The van der Waals surface area contributed by atoms with Crippen LogP contribution in [0.1, 0.15) is 23.0 Å². The highest BCUT2D eigenvalue weighted by atomic mass is 35.5. The molecule has 1 N–H and O–H groups in total. The lowest BCUT2D eigenvalue weighted by molar-refractivity contribution is 0.0745. The number of carbonyl (C=O) groups excluding carboxylic acids is 1. The summed E-state index contributed by atoms with van der Waals surface area (Å²) in [7, 11) is 0. The topological polar surface area (TPSA) is 37.3 Å². The Morgan fingerprint density at radius 2 is 2.42 bits per heavy atom. The average molecular weight is 205 g/mol. The summed E-state index contributed by atoms with van der Waals surface area (Å²) < 4.78 is 0.571. The monoisotopic (exact) mass is 204 g/mol. The van der Waals surface area contributed by atoms with Gasteiger partial charge in [-0.1, -0.05) is 18.5 Å². The molecular weight excluding hydrogens is 196 g/mol. The van der Waals surface area contributed by atoms with Gasteiger partial charge in [0.25, 0.3) is 0 Å². The number of rotatable bonds is 3. The predicted molar refractivity (Wildman–Crippen MR) is 50.0 cm³/mol. The van der Waals surface area contributed by atoms with Crippen molar-refractivity contribution in [2.75, 3.05) is 0 Å². The molecule has 0 saturated heterocycles. The minimum absolute atomic E-state index is 0.241. The molecule has 0 spiro atoms. The van der Waals surface area contributed by atoms with Gasteiger partial charge in [-0.3, -0.25) is 4.79 Å². The van der Waals surface area contributed by atoms with Gasteiger partial charge >= 0.3 is 0 Å². The fraction of sp³-hybridized carbons (Fsp3) is 0.375. The third-order valence-electron chi connectivity index (χ3n) is 1.51. The van der Waals surface area contributed by atoms with Crippen LogP contribution in [0.5, 0.6) is 0 Å². The third kappa shape index (κ3) is 2.06. The summed E-state index contributed by atoms with van der Waals surface area (Å²) in [4.78, 5) is 11.8. The minimum Gasteiger partial charge on any atom is -0.385 e. The smallest absolute Gasteiger partial charge is 0.201 e. The first-order valence-electron chi connectivity index (χ1n) is 3.62. The number of ketones is 1. The Hall–Kier alpha value is -0.380. The molecule has 1 rings (SSSR count). The van der Waals surface area contributed by atoms with Gasteiger partial charge in [-0.15, -0.1) is 11.3 Å². The Morgan fingerprint density at radius 3 is 2.83 bits per heavy atom. The number of thiophene rings is 1. The molecule has 0 aliphatic heterocycles. The Labute approximate surface area is 79.8 Å². The van der Waals surface area contributed by atoms with Gasteiger partial charge in [-0.2, -0.15) is 0 Å². The summed E-state index contributed by atoms with van der Waals surface area (Å²) in [5.41, 5.74) is 0. The van der Waals surface area contributed by atoms with Gasteiger partial charge in [0.05, 0.1) is 9.21 Å². The van der Waals surface area contributed by atoms with Crippen LogP contribution in [0.15, 0.2) is 12.1 Å². The molecule has 0 radical (unpaired) electrons. The first-order valence-corrected chi connectivity index (χ1v) is 4.82. The van der Waals surface area contributed by atoms with Crippen molar-refractivity contribution in [3.63, 3.8) is 0 Å². The van der Waals surface area contributed by atoms with Crippen molar-refractivity contribution in [3.8, 4) is 0 Å². The maximum Gasteiger partial charge on any atom is 0.201 e. The normalized spacial score (nSPS) is 12.9. The van der Waals surface area contributed by atoms with Crippen LogP contribution in [0.4, 0.5) is 0 Å². The first-order chi connectivity index (χ1) is 5.65. The zero-order valence-electron chi connectivity index (χ0n) is 6.58. The summed E-state index contributed by atoms with van der Waals surface area (Å²) in [6, 6.07) is 3.29. The summed E-state index contributed by atoms with van der Waals surface area (Å²) >= 11 is 6.83. The van der Waals surface area contributed by atoms with Crippen LogP contribution in [0, 0.1) is 0 Å². The fourth-order valence-corrected chi connectivity index (χ4v) is 1.83. The largest absolute Gasteiger partial charge is 0.385 e. The standard InChI is InChI=1S/C8H9ClO2S/c1-2-5(10)8(11)6-3-4-7(9)12-6/h3-5,10H,2H2,1H3. The third-order valence-corrected chi connectivity index (χ3v) is 2.75. The maximum absolute atomic E-state index is 11.3. The van der Waals surface area contributed by atoms with Crippen molar-refractivity contribution in [1.82, 2.24) is 0 Å². The van der Waals surface area contributed by atoms with E-state index in [-0.39, 0.29) is 5.78 Å². The molecule has 0 aliphatic rings. The van der Waals surface area contributed by atoms with Crippen molar-refractivity contribution in [1.29, 1.82) is 0 Å². The van der Waals surface area contributed by atoms with Gasteiger partial charge in [0.1, 0.15) is 6.10 Å². The van der Waals surface area contributed by atoms with E-state index in [4.69, 9.17) is 11.6 Å². The zero-order chi connectivity index (χ0) is 9.14. The molecule has 1 atom stereocenters. The van der Waals surface area contributed by atoms with Crippen LogP contribution in [-0.2, 0) is 0 Å². The second-order valence-corrected chi connectivity index (χ2v) is 4.11. The highest BCUT2D eigenvalue weighted by Gasteiger charge is 2.16. The fourth-order valence-electron chi connectivity index (χ4n) is 0.796. The average Bonchev–Trinajstić information content (AvgIpc) is 2.49. The summed E-state index contributed by atoms with van der Waals surface area (Å²) in [5, 5.41) is 9.20. The van der Waals surface area contributed by atoms with Crippen LogP contribution in [0.2, 0.25) is 4.34 Å². The number of aliphatic hydroxyl groups is 1. The molecule has 0 fully saturated rings. The molecule has 1 aromatic rings. The van der Waals surface area contributed by atoms with Crippen molar-refractivity contribution in [3.05, 3.63) is 21.3 Å². The van der Waals surface area contributed by atoms with Crippen molar-refractivity contribution in [2.24, 2.45) is 0 Å². The SMILES string of the molecule is CCC(O)C(=O)c1ccc(Cl)s1. The summed E-state index contributed by atoms with van der Waals surface area (Å²) in [6.45, 7) is 1.76. The number of Topliss-reactive ketones (excluding diaryl/α,β-unsaturated/α-hetero) is 1. The molecule has 0 saturated carbocycles. The summed E-state index contributed by atoms with van der Waals surface area (Å²) in [5.74, 6) is -0.241. The van der Waals surface area contributed by atoms with Crippen LogP contribution in [0.3, 0.4) is 0 Å². The van der Waals surface area contributed by atoms with E-state index in [0.717, 1.165) is 0 Å². The minimum atomic E-state index is -0.889. The molecule has 66 valence electrons. The van der Waals surface area contributed by atoms with E-state index in [9.17, 15) is 9.90 Å². The highest BCUT2D eigenvalue weighted by molar-refractivity contribution is 7.18. The van der Waals surface area contributed by atoms with E-state index in [0.29, 0.717) is 15.6 Å². The number of hydrogen-bond acceptors (Lipinski definition) is 3. The molecule has 12 heavy (non-hydrogen) atoms. The van der Waals surface area contributed by atoms with Gasteiger partial charge in [0.2, 0.25) is 5.78 Å². The first kappa shape index (κ1) is 9.71. The number of carbonyl (C=O) groups is 1. The van der Waals surface area contributed by atoms with Crippen LogP contribution >= 0.6 is 22.9 Å². The van der Waals surface area contributed by atoms with Gasteiger partial charge in [0, 0.05) is 0 Å². The highest BCUT2D eigenvalue weighted by Crippen LogP contribution is 2.22. The van der Waals surface area contributed by atoms with E-state index in [2.05, 4.69) is 0 Å². The molecule has 0 aliphatic carbocycles. The Kier molecular flexibility index (Phi) is 3.26. The molecule has 1 unspecified atom stereocenters. The van der Waals surface area contributed by atoms with Gasteiger partial charge in [-0.05, 0) is 18.6 Å². The van der Waals surface area contributed by atoms with Gasteiger partial charge < -0.3 is 5.11 Å². The molecule has 0 bridgehead atoms. The number of hydrogen-bond donors (Lipinski definition) is 1.